The smallest absolute Gasteiger partial charge is 0.254 e. The highest BCUT2D eigenvalue weighted by atomic mass is 19.1. The van der Waals surface area contributed by atoms with E-state index < -0.39 is 5.82 Å². The molecule has 2 fully saturated rings. The van der Waals surface area contributed by atoms with Crippen LogP contribution in [-0.4, -0.2) is 80.3 Å². The summed E-state index contributed by atoms with van der Waals surface area (Å²) in [5, 5.41) is 0. The van der Waals surface area contributed by atoms with Crippen LogP contribution in [0.25, 0.3) is 0 Å². The first-order valence-corrected chi connectivity index (χ1v) is 11.2. The van der Waals surface area contributed by atoms with E-state index >= 15 is 0 Å². The van der Waals surface area contributed by atoms with Crippen molar-refractivity contribution in [1.82, 2.24) is 9.80 Å². The van der Waals surface area contributed by atoms with Gasteiger partial charge in [0.15, 0.2) is 0 Å². The van der Waals surface area contributed by atoms with Gasteiger partial charge in [0.1, 0.15) is 11.6 Å². The van der Waals surface area contributed by atoms with Crippen LogP contribution in [0.2, 0.25) is 0 Å². The highest BCUT2D eigenvalue weighted by Gasteiger charge is 2.30. The highest BCUT2D eigenvalue weighted by molar-refractivity contribution is 5.95. The monoisotopic (exact) mass is 456 g/mol. The first-order valence-electron chi connectivity index (χ1n) is 11.2. The summed E-state index contributed by atoms with van der Waals surface area (Å²) in [4.78, 5) is 29.6. The molecule has 0 spiro atoms. The average Bonchev–Trinajstić information content (AvgIpc) is 3.36. The Morgan fingerprint density at radius 2 is 1.82 bits per heavy atom. The summed E-state index contributed by atoms with van der Waals surface area (Å²) in [5.41, 5.74) is 0.860. The SMILES string of the molecule is COc1ccc(C(=O)N2CCOC(CN(CC3CCCO3)C(=O)c3cccc(F)c3)C2)cc1. The van der Waals surface area contributed by atoms with Gasteiger partial charge in [0.25, 0.3) is 11.8 Å². The van der Waals surface area contributed by atoms with E-state index in [9.17, 15) is 14.0 Å². The maximum absolute atomic E-state index is 13.7. The molecule has 2 aliphatic rings. The molecule has 7 nitrogen and oxygen atoms in total. The Bertz CT molecular complexity index is 962. The summed E-state index contributed by atoms with van der Waals surface area (Å²) in [6.07, 6.45) is 1.43. The molecular weight excluding hydrogens is 427 g/mol. The zero-order chi connectivity index (χ0) is 23.2. The second kappa shape index (κ2) is 10.8. The molecule has 8 heteroatoms. The minimum atomic E-state index is -0.455. The lowest BCUT2D eigenvalue weighted by atomic mass is 10.1. The van der Waals surface area contributed by atoms with Gasteiger partial charge in [-0.25, -0.2) is 4.39 Å². The molecule has 0 N–H and O–H groups in total. The number of amides is 2. The Morgan fingerprint density at radius 3 is 2.52 bits per heavy atom. The van der Waals surface area contributed by atoms with Gasteiger partial charge in [-0.3, -0.25) is 9.59 Å². The Balaban J connectivity index is 1.45. The molecule has 4 rings (SSSR count). The quantitative estimate of drug-likeness (QED) is 0.641. The number of hydrogen-bond acceptors (Lipinski definition) is 5. The second-order valence-corrected chi connectivity index (χ2v) is 8.33. The molecule has 2 unspecified atom stereocenters. The normalized spacial score (nSPS) is 20.5. The van der Waals surface area contributed by atoms with Crippen molar-refractivity contribution in [2.24, 2.45) is 0 Å². The van der Waals surface area contributed by atoms with E-state index in [2.05, 4.69) is 0 Å². The molecule has 0 aliphatic carbocycles. The third kappa shape index (κ3) is 5.89. The van der Waals surface area contributed by atoms with E-state index in [1.54, 1.807) is 47.2 Å². The third-order valence-corrected chi connectivity index (χ3v) is 5.99. The third-order valence-electron chi connectivity index (χ3n) is 5.99. The number of nitrogens with zero attached hydrogens (tertiary/aromatic N) is 2. The van der Waals surface area contributed by atoms with Crippen molar-refractivity contribution >= 4 is 11.8 Å². The zero-order valence-electron chi connectivity index (χ0n) is 18.7. The van der Waals surface area contributed by atoms with Crippen molar-refractivity contribution in [3.05, 3.63) is 65.5 Å². The van der Waals surface area contributed by atoms with Gasteiger partial charge in [0.2, 0.25) is 0 Å². The largest absolute Gasteiger partial charge is 0.497 e. The predicted octanol–water partition coefficient (Wildman–Crippen LogP) is 3.00. The number of rotatable bonds is 7. The van der Waals surface area contributed by atoms with Crippen LogP contribution in [-0.2, 0) is 9.47 Å². The maximum atomic E-state index is 13.7. The summed E-state index contributed by atoms with van der Waals surface area (Å²) in [6.45, 7) is 2.60. The van der Waals surface area contributed by atoms with Crippen LogP contribution in [0.5, 0.6) is 5.75 Å². The number of methoxy groups -OCH3 is 1. The molecule has 2 saturated heterocycles. The van der Waals surface area contributed by atoms with Gasteiger partial charge < -0.3 is 24.0 Å². The molecule has 0 bridgehead atoms. The van der Waals surface area contributed by atoms with E-state index in [1.165, 1.54) is 18.2 Å². The molecule has 0 radical (unpaired) electrons. The molecule has 2 aliphatic heterocycles. The van der Waals surface area contributed by atoms with E-state index in [0.29, 0.717) is 50.7 Å². The fraction of sp³-hybridized carbons (Fsp3) is 0.440. The number of hydrogen-bond donors (Lipinski definition) is 0. The van der Waals surface area contributed by atoms with Crippen LogP contribution in [0.4, 0.5) is 4.39 Å². The van der Waals surface area contributed by atoms with Crippen molar-refractivity contribution in [3.8, 4) is 5.75 Å². The first kappa shape index (κ1) is 23.2. The maximum Gasteiger partial charge on any atom is 0.254 e. The van der Waals surface area contributed by atoms with Crippen LogP contribution in [0, 0.1) is 5.82 Å². The molecule has 2 amide bonds. The molecule has 2 aromatic rings. The van der Waals surface area contributed by atoms with E-state index in [4.69, 9.17) is 14.2 Å². The molecule has 2 atom stereocenters. The van der Waals surface area contributed by atoms with Gasteiger partial charge in [-0.2, -0.15) is 0 Å². The Morgan fingerprint density at radius 1 is 1.06 bits per heavy atom. The Kier molecular flexibility index (Phi) is 7.57. The van der Waals surface area contributed by atoms with Crippen molar-refractivity contribution in [2.45, 2.75) is 25.0 Å². The van der Waals surface area contributed by atoms with Crippen LogP contribution < -0.4 is 4.74 Å². The summed E-state index contributed by atoms with van der Waals surface area (Å²) in [7, 11) is 1.58. The van der Waals surface area contributed by atoms with Crippen LogP contribution in [0.15, 0.2) is 48.5 Å². The number of halogens is 1. The predicted molar refractivity (Wildman–Crippen MR) is 120 cm³/mol. The number of morpholine rings is 1. The van der Waals surface area contributed by atoms with E-state index in [1.807, 2.05) is 0 Å². The van der Waals surface area contributed by atoms with Gasteiger partial charge in [0, 0.05) is 43.9 Å². The van der Waals surface area contributed by atoms with Crippen LogP contribution >= 0.6 is 0 Å². The molecule has 0 saturated carbocycles. The van der Waals surface area contributed by atoms with Gasteiger partial charge in [-0.05, 0) is 55.3 Å². The number of carbonyl (C=O) groups is 2. The average molecular weight is 457 g/mol. The summed E-state index contributed by atoms with van der Waals surface area (Å²) in [5.74, 6) is -0.129. The first-order chi connectivity index (χ1) is 16.0. The lowest BCUT2D eigenvalue weighted by molar-refractivity contribution is -0.0375. The van der Waals surface area contributed by atoms with Crippen molar-refractivity contribution < 1.29 is 28.2 Å². The van der Waals surface area contributed by atoms with Gasteiger partial charge in [0.05, 0.1) is 25.9 Å². The molecule has 2 aromatic carbocycles. The summed E-state index contributed by atoms with van der Waals surface area (Å²) in [6, 6.07) is 12.7. The molecule has 176 valence electrons. The second-order valence-electron chi connectivity index (χ2n) is 8.33. The fourth-order valence-corrected chi connectivity index (χ4v) is 4.25. The Labute approximate surface area is 193 Å². The van der Waals surface area contributed by atoms with Crippen molar-refractivity contribution in [3.63, 3.8) is 0 Å². The summed E-state index contributed by atoms with van der Waals surface area (Å²) >= 11 is 0. The minimum Gasteiger partial charge on any atom is -0.497 e. The standard InChI is InChI=1S/C25H29FN2O5/c1-31-21-9-7-18(8-10-21)24(29)27-11-13-33-23(16-27)17-28(15-22-6-3-12-32-22)25(30)19-4-2-5-20(26)14-19/h2,4-5,7-10,14,22-23H,3,6,11-13,15-17H2,1H3. The van der Waals surface area contributed by atoms with Gasteiger partial charge in [-0.15, -0.1) is 0 Å². The summed E-state index contributed by atoms with van der Waals surface area (Å²) < 4.78 is 30.5. The molecular formula is C25H29FN2O5. The van der Waals surface area contributed by atoms with E-state index in [-0.39, 0.29) is 29.6 Å². The molecule has 33 heavy (non-hydrogen) atoms. The van der Waals surface area contributed by atoms with E-state index in [0.717, 1.165) is 12.8 Å². The Hall–Kier alpha value is -2.97. The number of ether oxygens (including phenoxy) is 3. The van der Waals surface area contributed by atoms with Crippen molar-refractivity contribution in [1.29, 1.82) is 0 Å². The minimum absolute atomic E-state index is 0.0527. The zero-order valence-corrected chi connectivity index (χ0v) is 18.7. The molecule has 0 aromatic heterocycles. The topological polar surface area (TPSA) is 68.3 Å². The van der Waals surface area contributed by atoms with Crippen LogP contribution in [0.3, 0.4) is 0 Å². The fourth-order valence-electron chi connectivity index (χ4n) is 4.25. The highest BCUT2D eigenvalue weighted by Crippen LogP contribution is 2.19. The van der Waals surface area contributed by atoms with Crippen LogP contribution in [0.1, 0.15) is 33.6 Å². The number of carbonyl (C=O) groups excluding carboxylic acids is 2. The van der Waals surface area contributed by atoms with Gasteiger partial charge >= 0.3 is 0 Å². The van der Waals surface area contributed by atoms with Crippen molar-refractivity contribution in [2.75, 3.05) is 46.5 Å². The molecule has 2 heterocycles. The number of benzene rings is 2. The lowest BCUT2D eigenvalue weighted by Crippen LogP contribution is -2.51. The van der Waals surface area contributed by atoms with Gasteiger partial charge in [-0.1, -0.05) is 6.07 Å². The lowest BCUT2D eigenvalue weighted by Gasteiger charge is -2.36.